The summed E-state index contributed by atoms with van der Waals surface area (Å²) in [7, 11) is 0. The number of hydrogen-bond donors (Lipinski definition) is 2. The number of fused-ring (bicyclic) bond motifs is 3. The molecular formula is C24H25NO5. The topological polar surface area (TPSA) is 88.8 Å². The van der Waals surface area contributed by atoms with Gasteiger partial charge in [-0.05, 0) is 56.4 Å². The fourth-order valence-corrected chi connectivity index (χ4v) is 3.97. The van der Waals surface area contributed by atoms with E-state index in [0.29, 0.717) is 16.9 Å². The van der Waals surface area contributed by atoms with Crippen LogP contribution >= 0.6 is 0 Å². The predicted octanol–water partition coefficient (Wildman–Crippen LogP) is 3.21. The Labute approximate surface area is 174 Å². The van der Waals surface area contributed by atoms with Crippen molar-refractivity contribution in [2.45, 2.75) is 45.3 Å². The minimum atomic E-state index is -0.791. The maximum atomic E-state index is 12.4. The summed E-state index contributed by atoms with van der Waals surface area (Å²) in [5.74, 6) is 0.162. The fraction of sp³-hybridized carbons (Fsp3) is 0.333. The van der Waals surface area contributed by atoms with Gasteiger partial charge in [0.2, 0.25) is 0 Å². The first-order chi connectivity index (χ1) is 14.5. The largest absolute Gasteiger partial charge is 0.480 e. The summed E-state index contributed by atoms with van der Waals surface area (Å²) < 4.78 is 11.4. The molecule has 30 heavy (non-hydrogen) atoms. The lowest BCUT2D eigenvalue weighted by atomic mass is 10.0. The Balaban J connectivity index is 1.47. The van der Waals surface area contributed by atoms with Crippen LogP contribution in [-0.2, 0) is 17.6 Å². The molecule has 0 saturated heterocycles. The first-order valence-corrected chi connectivity index (χ1v) is 10.2. The summed E-state index contributed by atoms with van der Waals surface area (Å²) in [6.07, 6.45) is 1.03. The van der Waals surface area contributed by atoms with Crippen molar-refractivity contribution in [3.8, 4) is 5.75 Å². The van der Waals surface area contributed by atoms with Crippen LogP contribution in [0.2, 0.25) is 0 Å². The molecule has 0 saturated carbocycles. The average Bonchev–Trinajstić information content (AvgIpc) is 3.25. The van der Waals surface area contributed by atoms with Crippen molar-refractivity contribution in [2.75, 3.05) is 6.54 Å². The van der Waals surface area contributed by atoms with Crippen molar-refractivity contribution in [3.05, 3.63) is 75.1 Å². The number of aliphatic hydroxyl groups is 1. The van der Waals surface area contributed by atoms with Crippen LogP contribution in [0, 0.1) is 6.92 Å². The highest BCUT2D eigenvalue weighted by atomic mass is 16.5. The van der Waals surface area contributed by atoms with Gasteiger partial charge in [-0.3, -0.25) is 4.79 Å². The second-order valence-corrected chi connectivity index (χ2v) is 7.70. The zero-order valence-corrected chi connectivity index (χ0v) is 17.1. The molecule has 6 heteroatoms. The molecule has 0 fully saturated rings. The van der Waals surface area contributed by atoms with E-state index in [4.69, 9.17) is 9.15 Å². The van der Waals surface area contributed by atoms with E-state index in [0.717, 1.165) is 41.3 Å². The highest BCUT2D eigenvalue weighted by Crippen LogP contribution is 2.33. The van der Waals surface area contributed by atoms with Gasteiger partial charge in [-0.15, -0.1) is 0 Å². The SMILES string of the molecule is Cc1c(O[C@@H](C)C(=O)NC[C@@H](O)c2ccccc2)ccc2c3c(c(=O)oc12)CCC3. The number of carbonyl (C=O) groups excluding carboxylic acids is 1. The lowest BCUT2D eigenvalue weighted by molar-refractivity contribution is -0.127. The molecule has 6 nitrogen and oxygen atoms in total. The molecule has 0 radical (unpaired) electrons. The maximum absolute atomic E-state index is 12.4. The summed E-state index contributed by atoms with van der Waals surface area (Å²) in [4.78, 5) is 24.7. The van der Waals surface area contributed by atoms with Crippen LogP contribution in [0.3, 0.4) is 0 Å². The Bertz CT molecular complexity index is 1140. The lowest BCUT2D eigenvalue weighted by Crippen LogP contribution is -2.38. The van der Waals surface area contributed by atoms with Gasteiger partial charge in [0.05, 0.1) is 6.10 Å². The number of carbonyl (C=O) groups is 1. The summed E-state index contributed by atoms with van der Waals surface area (Å²) >= 11 is 0. The van der Waals surface area contributed by atoms with Crippen LogP contribution < -0.4 is 15.7 Å². The van der Waals surface area contributed by atoms with E-state index in [1.165, 1.54) is 0 Å². The minimum absolute atomic E-state index is 0.0915. The second kappa shape index (κ2) is 8.32. The predicted molar refractivity (Wildman–Crippen MR) is 114 cm³/mol. The van der Waals surface area contributed by atoms with Crippen LogP contribution in [0.25, 0.3) is 11.0 Å². The molecule has 0 aliphatic heterocycles. The van der Waals surface area contributed by atoms with Crippen molar-refractivity contribution in [2.24, 2.45) is 0 Å². The Morgan fingerprint density at radius 3 is 2.67 bits per heavy atom. The maximum Gasteiger partial charge on any atom is 0.339 e. The van der Waals surface area contributed by atoms with Gasteiger partial charge >= 0.3 is 5.63 Å². The molecular weight excluding hydrogens is 382 g/mol. The third kappa shape index (κ3) is 3.83. The molecule has 1 aliphatic rings. The molecule has 1 heterocycles. The Kier molecular flexibility index (Phi) is 5.59. The molecule has 1 amide bonds. The third-order valence-electron chi connectivity index (χ3n) is 5.67. The van der Waals surface area contributed by atoms with Crippen molar-refractivity contribution >= 4 is 16.9 Å². The molecule has 2 atom stereocenters. The van der Waals surface area contributed by atoms with Crippen molar-refractivity contribution in [3.63, 3.8) is 0 Å². The van der Waals surface area contributed by atoms with E-state index in [2.05, 4.69) is 5.32 Å². The van der Waals surface area contributed by atoms with Crippen LogP contribution in [0.15, 0.2) is 51.7 Å². The van der Waals surface area contributed by atoms with Gasteiger partial charge in [0, 0.05) is 23.1 Å². The highest BCUT2D eigenvalue weighted by Gasteiger charge is 2.23. The number of hydrogen-bond acceptors (Lipinski definition) is 5. The molecule has 2 N–H and O–H groups in total. The van der Waals surface area contributed by atoms with E-state index in [9.17, 15) is 14.7 Å². The van der Waals surface area contributed by atoms with Gasteiger partial charge in [-0.25, -0.2) is 4.79 Å². The number of ether oxygens (including phenoxy) is 1. The molecule has 4 rings (SSSR count). The molecule has 1 aliphatic carbocycles. The first-order valence-electron chi connectivity index (χ1n) is 10.2. The summed E-state index contributed by atoms with van der Waals surface area (Å²) in [5.41, 5.74) is 3.51. The van der Waals surface area contributed by atoms with Crippen molar-refractivity contribution in [1.82, 2.24) is 5.32 Å². The Hall–Kier alpha value is -3.12. The van der Waals surface area contributed by atoms with Gasteiger partial charge in [0.1, 0.15) is 11.3 Å². The summed E-state index contributed by atoms with van der Waals surface area (Å²) in [6, 6.07) is 12.9. The normalized spacial score (nSPS) is 14.9. The average molecular weight is 407 g/mol. The number of nitrogens with one attached hydrogen (secondary N) is 1. The van der Waals surface area contributed by atoms with Crippen molar-refractivity contribution < 1.29 is 19.1 Å². The monoisotopic (exact) mass is 407 g/mol. The van der Waals surface area contributed by atoms with E-state index in [1.807, 2.05) is 37.3 Å². The van der Waals surface area contributed by atoms with Gasteiger partial charge < -0.3 is 19.6 Å². The summed E-state index contributed by atoms with van der Waals surface area (Å²) in [5, 5.41) is 13.9. The quantitative estimate of drug-likeness (QED) is 0.613. The van der Waals surface area contributed by atoms with E-state index >= 15 is 0 Å². The van der Waals surface area contributed by atoms with Gasteiger partial charge in [0.25, 0.3) is 5.91 Å². The first kappa shape index (κ1) is 20.2. The molecule has 3 aromatic rings. The zero-order valence-electron chi connectivity index (χ0n) is 17.1. The van der Waals surface area contributed by atoms with Gasteiger partial charge in [-0.1, -0.05) is 30.3 Å². The molecule has 0 unspecified atom stereocenters. The van der Waals surface area contributed by atoms with Crippen LogP contribution in [-0.4, -0.2) is 23.7 Å². The molecule has 0 spiro atoms. The minimum Gasteiger partial charge on any atom is -0.480 e. The molecule has 2 aromatic carbocycles. The number of amides is 1. The Morgan fingerprint density at radius 1 is 1.17 bits per heavy atom. The second-order valence-electron chi connectivity index (χ2n) is 7.70. The zero-order chi connectivity index (χ0) is 21.3. The van der Waals surface area contributed by atoms with E-state index in [-0.39, 0.29) is 18.1 Å². The third-order valence-corrected chi connectivity index (χ3v) is 5.67. The number of rotatable bonds is 6. The van der Waals surface area contributed by atoms with Crippen molar-refractivity contribution in [1.29, 1.82) is 0 Å². The molecule has 1 aromatic heterocycles. The van der Waals surface area contributed by atoms with E-state index in [1.54, 1.807) is 19.1 Å². The Morgan fingerprint density at radius 2 is 1.90 bits per heavy atom. The van der Waals surface area contributed by atoms with Crippen LogP contribution in [0.5, 0.6) is 5.75 Å². The highest BCUT2D eigenvalue weighted by molar-refractivity contribution is 5.86. The molecule has 0 bridgehead atoms. The summed E-state index contributed by atoms with van der Waals surface area (Å²) in [6.45, 7) is 3.56. The smallest absolute Gasteiger partial charge is 0.339 e. The number of aliphatic hydroxyl groups excluding tert-OH is 1. The number of benzene rings is 2. The lowest BCUT2D eigenvalue weighted by Gasteiger charge is -2.18. The van der Waals surface area contributed by atoms with Crippen LogP contribution in [0.4, 0.5) is 0 Å². The molecule has 156 valence electrons. The van der Waals surface area contributed by atoms with Gasteiger partial charge in [0.15, 0.2) is 6.10 Å². The standard InChI is InChI=1S/C24H25NO5/c1-14-21(12-11-18-17-9-6-10-19(17)24(28)30-22(14)18)29-15(2)23(27)25-13-20(26)16-7-4-3-5-8-16/h3-5,7-8,11-12,15,20,26H,6,9-10,13H2,1-2H3,(H,25,27)/t15-,20+/m0/s1. The van der Waals surface area contributed by atoms with Crippen LogP contribution in [0.1, 0.15) is 41.7 Å². The van der Waals surface area contributed by atoms with E-state index < -0.39 is 12.2 Å². The number of aryl methyl sites for hydroxylation is 2. The fourth-order valence-electron chi connectivity index (χ4n) is 3.97. The van der Waals surface area contributed by atoms with Gasteiger partial charge in [-0.2, -0.15) is 0 Å².